The predicted octanol–water partition coefficient (Wildman–Crippen LogP) is 1.36. The SMILES string of the molecule is C[C@@H]1C/C=C/C(=O)O[C@@H](C)C[C@@H](CO)/C=C/C(=O)O1. The van der Waals surface area contributed by atoms with Gasteiger partial charge in [-0.1, -0.05) is 12.2 Å². The van der Waals surface area contributed by atoms with Gasteiger partial charge in [-0.25, -0.2) is 9.59 Å². The van der Waals surface area contributed by atoms with Crippen LogP contribution in [-0.2, 0) is 19.1 Å². The van der Waals surface area contributed by atoms with Crippen molar-refractivity contribution in [2.45, 2.75) is 38.9 Å². The van der Waals surface area contributed by atoms with Gasteiger partial charge in [0.25, 0.3) is 0 Å². The molecule has 0 radical (unpaired) electrons. The molecule has 0 bridgehead atoms. The first-order chi connectivity index (χ1) is 9.01. The van der Waals surface area contributed by atoms with Crippen LogP contribution in [0.4, 0.5) is 0 Å². The average molecular weight is 268 g/mol. The standard InChI is InChI=1S/C14H20O5/c1-10-4-3-5-13(16)19-11(2)8-12(9-15)6-7-14(17)18-10/h3,5-7,10-12,15H,4,8-9H2,1-2H3/b5-3+,7-6+/t10-,11+,12+/m1/s1. The van der Waals surface area contributed by atoms with E-state index in [1.807, 2.05) is 0 Å². The van der Waals surface area contributed by atoms with Crippen LogP contribution in [0.2, 0.25) is 0 Å². The van der Waals surface area contributed by atoms with Crippen molar-refractivity contribution in [2.24, 2.45) is 5.92 Å². The van der Waals surface area contributed by atoms with Gasteiger partial charge in [0.1, 0.15) is 6.10 Å². The summed E-state index contributed by atoms with van der Waals surface area (Å²) in [6.07, 6.45) is 6.12. The summed E-state index contributed by atoms with van der Waals surface area (Å²) in [5, 5.41) is 9.22. The zero-order valence-electron chi connectivity index (χ0n) is 11.2. The molecule has 0 fully saturated rings. The molecule has 1 heterocycles. The van der Waals surface area contributed by atoms with E-state index in [2.05, 4.69) is 0 Å². The molecule has 3 atom stereocenters. The van der Waals surface area contributed by atoms with Crippen molar-refractivity contribution in [1.82, 2.24) is 0 Å². The third kappa shape index (κ3) is 6.20. The number of carbonyl (C=O) groups is 2. The lowest BCUT2D eigenvalue weighted by molar-refractivity contribution is -0.143. The Labute approximate surface area is 112 Å². The number of hydrogen-bond donors (Lipinski definition) is 1. The Bertz CT molecular complexity index is 372. The molecule has 5 nitrogen and oxygen atoms in total. The molecule has 0 spiro atoms. The van der Waals surface area contributed by atoms with Gasteiger partial charge >= 0.3 is 11.9 Å². The third-order valence-corrected chi connectivity index (χ3v) is 2.73. The highest BCUT2D eigenvalue weighted by Crippen LogP contribution is 2.12. The van der Waals surface area contributed by atoms with Crippen molar-refractivity contribution in [2.75, 3.05) is 6.61 Å². The zero-order valence-corrected chi connectivity index (χ0v) is 11.2. The van der Waals surface area contributed by atoms with Crippen LogP contribution in [0.3, 0.4) is 0 Å². The van der Waals surface area contributed by atoms with E-state index in [0.717, 1.165) is 0 Å². The summed E-state index contributed by atoms with van der Waals surface area (Å²) in [6.45, 7) is 3.38. The van der Waals surface area contributed by atoms with Gasteiger partial charge in [0.05, 0.1) is 6.10 Å². The van der Waals surface area contributed by atoms with E-state index < -0.39 is 11.9 Å². The molecule has 106 valence electrons. The largest absolute Gasteiger partial charge is 0.459 e. The molecular weight excluding hydrogens is 248 g/mol. The lowest BCUT2D eigenvalue weighted by Crippen LogP contribution is -2.18. The fourth-order valence-corrected chi connectivity index (χ4v) is 1.78. The Morgan fingerprint density at radius 1 is 1.16 bits per heavy atom. The first-order valence-electron chi connectivity index (χ1n) is 6.38. The molecule has 0 aliphatic carbocycles. The molecule has 0 aromatic heterocycles. The van der Waals surface area contributed by atoms with Crippen LogP contribution in [-0.4, -0.2) is 35.9 Å². The van der Waals surface area contributed by atoms with Crippen LogP contribution in [0.25, 0.3) is 0 Å². The zero-order chi connectivity index (χ0) is 14.3. The first kappa shape index (κ1) is 15.4. The second-order valence-corrected chi connectivity index (χ2v) is 4.67. The van der Waals surface area contributed by atoms with E-state index in [-0.39, 0.29) is 24.7 Å². The van der Waals surface area contributed by atoms with Crippen molar-refractivity contribution in [1.29, 1.82) is 0 Å². The van der Waals surface area contributed by atoms with Crippen LogP contribution >= 0.6 is 0 Å². The molecule has 1 N–H and O–H groups in total. The molecule has 0 saturated carbocycles. The van der Waals surface area contributed by atoms with Gasteiger partial charge in [-0.2, -0.15) is 0 Å². The number of esters is 2. The fourth-order valence-electron chi connectivity index (χ4n) is 1.78. The number of carbonyl (C=O) groups excluding carboxylic acids is 2. The van der Waals surface area contributed by atoms with E-state index in [1.54, 1.807) is 26.0 Å². The predicted molar refractivity (Wildman–Crippen MR) is 69.2 cm³/mol. The summed E-state index contributed by atoms with van der Waals surface area (Å²) in [7, 11) is 0. The highest BCUT2D eigenvalue weighted by atomic mass is 16.5. The van der Waals surface area contributed by atoms with Gasteiger partial charge in [0, 0.05) is 31.1 Å². The lowest BCUT2D eigenvalue weighted by atomic mass is 10.0. The Kier molecular flexibility index (Phi) is 6.29. The molecule has 0 aromatic carbocycles. The number of aliphatic hydroxyl groups is 1. The van der Waals surface area contributed by atoms with Crippen molar-refractivity contribution in [3.63, 3.8) is 0 Å². The molecule has 0 amide bonds. The second-order valence-electron chi connectivity index (χ2n) is 4.67. The molecule has 0 aromatic rings. The van der Waals surface area contributed by atoms with Crippen LogP contribution in [0.1, 0.15) is 26.7 Å². The molecule has 0 saturated heterocycles. The first-order valence-corrected chi connectivity index (χ1v) is 6.38. The fraction of sp³-hybridized carbons (Fsp3) is 0.571. The normalized spacial score (nSPS) is 33.1. The smallest absolute Gasteiger partial charge is 0.330 e. The number of ether oxygens (including phenoxy) is 2. The molecular formula is C14H20O5. The number of cyclic esters (lactones) is 2. The number of rotatable bonds is 1. The highest BCUT2D eigenvalue weighted by Gasteiger charge is 2.15. The molecule has 0 unspecified atom stereocenters. The summed E-state index contributed by atoms with van der Waals surface area (Å²) in [6, 6.07) is 0. The minimum absolute atomic E-state index is 0.114. The van der Waals surface area contributed by atoms with Gasteiger partial charge in [0.15, 0.2) is 0 Å². The van der Waals surface area contributed by atoms with E-state index >= 15 is 0 Å². The second kappa shape index (κ2) is 7.74. The summed E-state index contributed by atoms with van der Waals surface area (Å²) >= 11 is 0. The molecule has 1 rings (SSSR count). The van der Waals surface area contributed by atoms with Gasteiger partial charge in [0.2, 0.25) is 0 Å². The Hall–Kier alpha value is -1.62. The third-order valence-electron chi connectivity index (χ3n) is 2.73. The van der Waals surface area contributed by atoms with Gasteiger partial charge in [-0.15, -0.1) is 0 Å². The molecule has 1 aliphatic rings. The van der Waals surface area contributed by atoms with E-state index in [0.29, 0.717) is 12.8 Å². The van der Waals surface area contributed by atoms with Crippen molar-refractivity contribution in [3.8, 4) is 0 Å². The van der Waals surface area contributed by atoms with Gasteiger partial charge in [-0.05, 0) is 20.3 Å². The average Bonchev–Trinajstić information content (AvgIpc) is 2.33. The van der Waals surface area contributed by atoms with E-state index in [9.17, 15) is 14.7 Å². The van der Waals surface area contributed by atoms with Crippen LogP contribution in [0, 0.1) is 5.92 Å². The van der Waals surface area contributed by atoms with Crippen LogP contribution in [0.15, 0.2) is 24.3 Å². The molecule has 19 heavy (non-hydrogen) atoms. The summed E-state index contributed by atoms with van der Waals surface area (Å²) in [5.41, 5.74) is 0. The quantitative estimate of drug-likeness (QED) is 0.727. The Morgan fingerprint density at radius 2 is 1.79 bits per heavy atom. The van der Waals surface area contributed by atoms with Crippen molar-refractivity contribution >= 4 is 11.9 Å². The Balaban J connectivity index is 2.79. The maximum absolute atomic E-state index is 11.5. The molecule has 1 aliphatic heterocycles. The maximum Gasteiger partial charge on any atom is 0.330 e. The minimum atomic E-state index is -0.446. The van der Waals surface area contributed by atoms with Crippen molar-refractivity contribution in [3.05, 3.63) is 24.3 Å². The highest BCUT2D eigenvalue weighted by molar-refractivity contribution is 5.82. The van der Waals surface area contributed by atoms with Crippen molar-refractivity contribution < 1.29 is 24.2 Å². The van der Waals surface area contributed by atoms with Crippen LogP contribution < -0.4 is 0 Å². The monoisotopic (exact) mass is 268 g/mol. The van der Waals surface area contributed by atoms with Crippen LogP contribution in [0.5, 0.6) is 0 Å². The lowest BCUT2D eigenvalue weighted by Gasteiger charge is -2.16. The maximum atomic E-state index is 11.5. The van der Waals surface area contributed by atoms with E-state index in [1.165, 1.54) is 12.2 Å². The van der Waals surface area contributed by atoms with E-state index in [4.69, 9.17) is 9.47 Å². The summed E-state index contributed by atoms with van der Waals surface area (Å²) < 4.78 is 10.3. The minimum Gasteiger partial charge on any atom is -0.459 e. The Morgan fingerprint density at radius 3 is 2.47 bits per heavy atom. The summed E-state index contributed by atoms with van der Waals surface area (Å²) in [5.74, 6) is -1.11. The van der Waals surface area contributed by atoms with Gasteiger partial charge < -0.3 is 14.6 Å². The topological polar surface area (TPSA) is 72.8 Å². The number of aliphatic hydroxyl groups excluding tert-OH is 1. The number of hydrogen-bond acceptors (Lipinski definition) is 5. The molecule has 5 heteroatoms. The summed E-state index contributed by atoms with van der Waals surface area (Å²) in [4.78, 5) is 23.0. The van der Waals surface area contributed by atoms with Gasteiger partial charge in [-0.3, -0.25) is 0 Å².